The fourth-order valence-electron chi connectivity index (χ4n) is 1.93. The van der Waals surface area contributed by atoms with E-state index >= 15 is 0 Å². The van der Waals surface area contributed by atoms with Crippen molar-refractivity contribution in [3.05, 3.63) is 12.3 Å². The van der Waals surface area contributed by atoms with Gasteiger partial charge in [0.05, 0.1) is 0 Å². The lowest BCUT2D eigenvalue weighted by molar-refractivity contribution is 0.140. The number of rotatable bonds is 0. The highest BCUT2D eigenvalue weighted by Crippen LogP contribution is 2.19. The molecular formula is C9H16N2. The van der Waals surface area contributed by atoms with E-state index in [0.29, 0.717) is 0 Å². The Balaban J connectivity index is 2.02. The van der Waals surface area contributed by atoms with Crippen molar-refractivity contribution in [2.75, 3.05) is 6.54 Å². The molecule has 1 atom stereocenters. The second-order valence-corrected chi connectivity index (χ2v) is 3.43. The second kappa shape index (κ2) is 3.26. The Hall–Kier alpha value is -0.500. The number of nitrogens with zero attached hydrogens (tertiary/aromatic N) is 1. The van der Waals surface area contributed by atoms with Crippen LogP contribution in [0.2, 0.25) is 0 Å². The van der Waals surface area contributed by atoms with Crippen molar-refractivity contribution in [2.45, 2.75) is 38.1 Å². The van der Waals surface area contributed by atoms with Crippen molar-refractivity contribution in [1.29, 1.82) is 0 Å². The molecule has 2 rings (SSSR count). The van der Waals surface area contributed by atoms with Gasteiger partial charge in [-0.15, -0.1) is 0 Å². The normalized spacial score (nSPS) is 31.3. The topological polar surface area (TPSA) is 15.3 Å². The molecule has 1 N–H and O–H groups in total. The van der Waals surface area contributed by atoms with Crippen molar-refractivity contribution < 1.29 is 0 Å². The molecule has 11 heavy (non-hydrogen) atoms. The van der Waals surface area contributed by atoms with Gasteiger partial charge in [-0.25, -0.2) is 5.43 Å². The smallest absolute Gasteiger partial charge is 0.0448 e. The van der Waals surface area contributed by atoms with Crippen LogP contribution in [0.1, 0.15) is 32.1 Å². The van der Waals surface area contributed by atoms with E-state index in [1.807, 2.05) is 0 Å². The minimum absolute atomic E-state index is 0.780. The molecule has 62 valence electrons. The summed E-state index contributed by atoms with van der Waals surface area (Å²) in [5.41, 5.74) is 3.41. The summed E-state index contributed by atoms with van der Waals surface area (Å²) in [7, 11) is 0. The predicted octanol–water partition coefficient (Wildman–Crippen LogP) is 1.65. The van der Waals surface area contributed by atoms with Crippen LogP contribution in [0, 0.1) is 0 Å². The minimum Gasteiger partial charge on any atom is -0.313 e. The number of hydrazine groups is 1. The van der Waals surface area contributed by atoms with E-state index in [1.165, 1.54) is 32.1 Å². The molecule has 0 radical (unpaired) electrons. The molecule has 2 aliphatic rings. The molecule has 1 unspecified atom stereocenters. The summed E-state index contributed by atoms with van der Waals surface area (Å²) >= 11 is 0. The molecule has 1 fully saturated rings. The zero-order valence-corrected chi connectivity index (χ0v) is 6.92. The van der Waals surface area contributed by atoms with Crippen molar-refractivity contribution in [3.8, 4) is 0 Å². The first-order valence-corrected chi connectivity index (χ1v) is 4.65. The standard InChI is InChI=1S/C9H16N2/c1-2-5-9-6-4-7-10-11(9)8-3-1/h3,8-10H,1-2,4-7H2. The Morgan fingerprint density at radius 3 is 3.18 bits per heavy atom. The summed E-state index contributed by atoms with van der Waals surface area (Å²) in [4.78, 5) is 0. The molecule has 2 nitrogen and oxygen atoms in total. The Morgan fingerprint density at radius 1 is 1.27 bits per heavy atom. The summed E-state index contributed by atoms with van der Waals surface area (Å²) in [5.74, 6) is 0. The van der Waals surface area contributed by atoms with E-state index in [0.717, 1.165) is 12.6 Å². The van der Waals surface area contributed by atoms with E-state index in [-0.39, 0.29) is 0 Å². The molecule has 1 saturated heterocycles. The molecule has 0 aromatic heterocycles. The maximum absolute atomic E-state index is 3.41. The highest BCUT2D eigenvalue weighted by atomic mass is 15.5. The third kappa shape index (κ3) is 1.56. The predicted molar refractivity (Wildman–Crippen MR) is 45.9 cm³/mol. The van der Waals surface area contributed by atoms with Gasteiger partial charge in [0.2, 0.25) is 0 Å². The molecule has 0 bridgehead atoms. The van der Waals surface area contributed by atoms with Gasteiger partial charge < -0.3 is 5.01 Å². The van der Waals surface area contributed by atoms with Crippen LogP contribution in [0.3, 0.4) is 0 Å². The molecule has 0 aromatic carbocycles. The van der Waals surface area contributed by atoms with Crippen LogP contribution >= 0.6 is 0 Å². The third-order valence-electron chi connectivity index (χ3n) is 2.58. The summed E-state index contributed by atoms with van der Waals surface area (Å²) in [6, 6.07) is 0.780. The van der Waals surface area contributed by atoms with Crippen molar-refractivity contribution in [1.82, 2.24) is 10.4 Å². The summed E-state index contributed by atoms with van der Waals surface area (Å²) in [5, 5.41) is 2.30. The first-order valence-electron chi connectivity index (χ1n) is 4.65. The van der Waals surface area contributed by atoms with Gasteiger partial charge in [0.25, 0.3) is 0 Å². The van der Waals surface area contributed by atoms with Gasteiger partial charge in [0, 0.05) is 18.8 Å². The largest absolute Gasteiger partial charge is 0.313 e. The number of hydrogen-bond acceptors (Lipinski definition) is 2. The molecule has 0 saturated carbocycles. The lowest BCUT2D eigenvalue weighted by atomic mass is 10.0. The SMILES string of the molecule is C1=CN2NCCCC2CCC1. The van der Waals surface area contributed by atoms with Gasteiger partial charge >= 0.3 is 0 Å². The van der Waals surface area contributed by atoms with Gasteiger partial charge in [-0.3, -0.25) is 0 Å². The average Bonchev–Trinajstić information content (AvgIpc) is 2.28. The zero-order valence-electron chi connectivity index (χ0n) is 6.92. The second-order valence-electron chi connectivity index (χ2n) is 3.43. The molecule has 2 heterocycles. The lowest BCUT2D eigenvalue weighted by Crippen LogP contribution is -2.45. The number of nitrogens with one attached hydrogen (secondary N) is 1. The number of hydrogen-bond donors (Lipinski definition) is 1. The maximum atomic E-state index is 3.41. The summed E-state index contributed by atoms with van der Waals surface area (Å²) in [6.45, 7) is 1.15. The van der Waals surface area contributed by atoms with Gasteiger partial charge in [-0.05, 0) is 32.1 Å². The molecule has 2 heteroatoms. The number of fused-ring (bicyclic) bond motifs is 1. The first-order chi connectivity index (χ1) is 5.47. The first kappa shape index (κ1) is 7.17. The maximum Gasteiger partial charge on any atom is 0.0448 e. The highest BCUT2D eigenvalue weighted by molar-refractivity contribution is 4.90. The summed E-state index contributed by atoms with van der Waals surface area (Å²) in [6.07, 6.45) is 11.2. The Morgan fingerprint density at radius 2 is 2.18 bits per heavy atom. The molecule has 0 aliphatic carbocycles. The fourth-order valence-corrected chi connectivity index (χ4v) is 1.93. The summed E-state index contributed by atoms with van der Waals surface area (Å²) < 4.78 is 0. The highest BCUT2D eigenvalue weighted by Gasteiger charge is 2.19. The van der Waals surface area contributed by atoms with Crippen molar-refractivity contribution >= 4 is 0 Å². The van der Waals surface area contributed by atoms with Gasteiger partial charge in [-0.1, -0.05) is 6.08 Å². The quantitative estimate of drug-likeness (QED) is 0.568. The van der Waals surface area contributed by atoms with Gasteiger partial charge in [0.15, 0.2) is 0 Å². The average molecular weight is 152 g/mol. The Labute approximate surface area is 68.2 Å². The number of allylic oxidation sites excluding steroid dienone is 1. The fraction of sp³-hybridized carbons (Fsp3) is 0.778. The van der Waals surface area contributed by atoms with E-state index in [1.54, 1.807) is 0 Å². The molecule has 0 aromatic rings. The minimum atomic E-state index is 0.780. The van der Waals surface area contributed by atoms with Crippen LogP contribution in [0.4, 0.5) is 0 Å². The van der Waals surface area contributed by atoms with Crippen LogP contribution in [-0.2, 0) is 0 Å². The van der Waals surface area contributed by atoms with Crippen LogP contribution in [-0.4, -0.2) is 17.6 Å². The third-order valence-corrected chi connectivity index (χ3v) is 2.58. The van der Waals surface area contributed by atoms with Crippen LogP contribution in [0.15, 0.2) is 12.3 Å². The molecule has 2 aliphatic heterocycles. The van der Waals surface area contributed by atoms with Crippen molar-refractivity contribution in [2.24, 2.45) is 0 Å². The van der Waals surface area contributed by atoms with E-state index < -0.39 is 0 Å². The van der Waals surface area contributed by atoms with Crippen LogP contribution in [0.25, 0.3) is 0 Å². The monoisotopic (exact) mass is 152 g/mol. The molecular weight excluding hydrogens is 136 g/mol. The van der Waals surface area contributed by atoms with Gasteiger partial charge in [-0.2, -0.15) is 0 Å². The van der Waals surface area contributed by atoms with Crippen LogP contribution < -0.4 is 5.43 Å². The van der Waals surface area contributed by atoms with E-state index in [9.17, 15) is 0 Å². The van der Waals surface area contributed by atoms with E-state index in [4.69, 9.17) is 0 Å². The van der Waals surface area contributed by atoms with Crippen molar-refractivity contribution in [3.63, 3.8) is 0 Å². The van der Waals surface area contributed by atoms with Gasteiger partial charge in [0.1, 0.15) is 0 Å². The molecule has 0 amide bonds. The zero-order chi connectivity index (χ0) is 7.52. The van der Waals surface area contributed by atoms with E-state index in [2.05, 4.69) is 22.7 Å². The Bertz CT molecular complexity index is 154. The molecule has 0 spiro atoms. The Kier molecular flexibility index (Phi) is 2.13. The van der Waals surface area contributed by atoms with Crippen LogP contribution in [0.5, 0.6) is 0 Å². The lowest BCUT2D eigenvalue weighted by Gasteiger charge is -2.34.